The number of aliphatic hydroxyl groups excluding tert-OH is 1. The van der Waals surface area contributed by atoms with Crippen molar-refractivity contribution >= 4 is 5.84 Å². The molecule has 0 bridgehead atoms. The molecule has 2 rings (SSSR count). The first-order valence-electron chi connectivity index (χ1n) is 5.28. The molecule has 1 aromatic rings. The first-order valence-corrected chi connectivity index (χ1v) is 5.28. The van der Waals surface area contributed by atoms with Gasteiger partial charge in [0.25, 0.3) is 0 Å². The Hall–Kier alpha value is -1.35. The third-order valence-corrected chi connectivity index (χ3v) is 2.88. The zero-order valence-electron chi connectivity index (χ0n) is 8.61. The van der Waals surface area contributed by atoms with Gasteiger partial charge < -0.3 is 10.8 Å². The van der Waals surface area contributed by atoms with Crippen LogP contribution in [0.5, 0.6) is 0 Å². The molecule has 1 aliphatic rings. The van der Waals surface area contributed by atoms with Crippen LogP contribution < -0.4 is 5.73 Å². The van der Waals surface area contributed by atoms with Crippen LogP contribution >= 0.6 is 0 Å². The van der Waals surface area contributed by atoms with E-state index in [2.05, 4.69) is 0 Å². The van der Waals surface area contributed by atoms with Crippen molar-refractivity contribution in [2.24, 2.45) is 11.7 Å². The van der Waals surface area contributed by atoms with Crippen molar-refractivity contribution in [1.82, 2.24) is 0 Å². The number of amidine groups is 1. The van der Waals surface area contributed by atoms with Gasteiger partial charge in [-0.05, 0) is 30.7 Å². The number of nitrogen functional groups attached to an aromatic ring is 1. The molecular formula is C12H16N2O. The van der Waals surface area contributed by atoms with Crippen molar-refractivity contribution in [3.8, 4) is 0 Å². The minimum Gasteiger partial charge on any atom is -0.392 e. The minimum atomic E-state index is -0.201. The SMILES string of the molecule is N=C(N)c1ccc(CC(O)C2CC2)cc1. The van der Waals surface area contributed by atoms with Crippen LogP contribution in [-0.2, 0) is 6.42 Å². The van der Waals surface area contributed by atoms with Gasteiger partial charge >= 0.3 is 0 Å². The maximum atomic E-state index is 9.75. The van der Waals surface area contributed by atoms with E-state index in [-0.39, 0.29) is 11.9 Å². The van der Waals surface area contributed by atoms with Gasteiger partial charge in [-0.25, -0.2) is 0 Å². The zero-order valence-corrected chi connectivity index (χ0v) is 8.61. The quantitative estimate of drug-likeness (QED) is 0.511. The van der Waals surface area contributed by atoms with Crippen molar-refractivity contribution in [2.45, 2.75) is 25.4 Å². The topological polar surface area (TPSA) is 70.1 Å². The van der Waals surface area contributed by atoms with Crippen molar-refractivity contribution in [2.75, 3.05) is 0 Å². The van der Waals surface area contributed by atoms with E-state index >= 15 is 0 Å². The van der Waals surface area contributed by atoms with E-state index in [0.29, 0.717) is 12.3 Å². The van der Waals surface area contributed by atoms with E-state index in [9.17, 15) is 5.11 Å². The first-order chi connectivity index (χ1) is 7.16. The van der Waals surface area contributed by atoms with E-state index < -0.39 is 0 Å². The summed E-state index contributed by atoms with van der Waals surface area (Å²) in [7, 11) is 0. The van der Waals surface area contributed by atoms with Crippen LogP contribution in [0, 0.1) is 11.3 Å². The van der Waals surface area contributed by atoms with Crippen LogP contribution in [0.3, 0.4) is 0 Å². The Balaban J connectivity index is 1.99. The standard InChI is InChI=1S/C12H16N2O/c13-12(14)10-3-1-8(2-4-10)7-11(15)9-5-6-9/h1-4,9,11,15H,5-7H2,(H3,13,14). The van der Waals surface area contributed by atoms with Crippen LogP contribution in [-0.4, -0.2) is 17.0 Å². The highest BCUT2D eigenvalue weighted by Crippen LogP contribution is 2.33. The molecule has 3 nitrogen and oxygen atoms in total. The highest BCUT2D eigenvalue weighted by molar-refractivity contribution is 5.94. The highest BCUT2D eigenvalue weighted by Gasteiger charge is 2.29. The van der Waals surface area contributed by atoms with Crippen LogP contribution in [0.4, 0.5) is 0 Å². The Bertz CT molecular complexity index is 354. The molecule has 0 spiro atoms. The summed E-state index contributed by atoms with van der Waals surface area (Å²) >= 11 is 0. The highest BCUT2D eigenvalue weighted by atomic mass is 16.3. The molecule has 1 aromatic carbocycles. The van der Waals surface area contributed by atoms with Crippen molar-refractivity contribution < 1.29 is 5.11 Å². The number of aliphatic hydroxyl groups is 1. The number of rotatable bonds is 4. The number of benzene rings is 1. The van der Waals surface area contributed by atoms with E-state index in [4.69, 9.17) is 11.1 Å². The lowest BCUT2D eigenvalue weighted by atomic mass is 10.0. The predicted molar refractivity (Wildman–Crippen MR) is 59.9 cm³/mol. The molecular weight excluding hydrogens is 188 g/mol. The summed E-state index contributed by atoms with van der Waals surface area (Å²) in [6.45, 7) is 0. The zero-order chi connectivity index (χ0) is 10.8. The number of hydrogen-bond donors (Lipinski definition) is 3. The van der Waals surface area contributed by atoms with Gasteiger partial charge in [-0.3, -0.25) is 5.41 Å². The fraction of sp³-hybridized carbons (Fsp3) is 0.417. The molecule has 0 amide bonds. The van der Waals surface area contributed by atoms with Gasteiger partial charge in [0.2, 0.25) is 0 Å². The van der Waals surface area contributed by atoms with Gasteiger partial charge in [0.05, 0.1) is 6.10 Å². The fourth-order valence-corrected chi connectivity index (χ4v) is 1.71. The second-order valence-electron chi connectivity index (χ2n) is 4.22. The van der Waals surface area contributed by atoms with Gasteiger partial charge in [0.1, 0.15) is 5.84 Å². The Morgan fingerprint density at radius 3 is 2.47 bits per heavy atom. The summed E-state index contributed by atoms with van der Waals surface area (Å²) in [4.78, 5) is 0. The molecule has 1 fully saturated rings. The summed E-state index contributed by atoms with van der Waals surface area (Å²) in [5, 5.41) is 17.0. The summed E-state index contributed by atoms with van der Waals surface area (Å²) in [6.07, 6.45) is 2.83. The van der Waals surface area contributed by atoms with E-state index in [1.54, 1.807) is 0 Å². The molecule has 80 valence electrons. The minimum absolute atomic E-state index is 0.0873. The average Bonchev–Trinajstić information content (AvgIpc) is 3.01. The molecule has 0 heterocycles. The van der Waals surface area contributed by atoms with Gasteiger partial charge in [0.15, 0.2) is 0 Å². The molecule has 0 aliphatic heterocycles. The van der Waals surface area contributed by atoms with Crippen molar-refractivity contribution in [3.05, 3.63) is 35.4 Å². The van der Waals surface area contributed by atoms with Gasteiger partial charge in [0, 0.05) is 5.56 Å². The molecule has 3 heteroatoms. The molecule has 0 saturated heterocycles. The lowest BCUT2D eigenvalue weighted by Gasteiger charge is -2.09. The number of nitrogens with one attached hydrogen (secondary N) is 1. The maximum Gasteiger partial charge on any atom is 0.122 e. The van der Waals surface area contributed by atoms with Crippen molar-refractivity contribution in [3.63, 3.8) is 0 Å². The molecule has 1 atom stereocenters. The summed E-state index contributed by atoms with van der Waals surface area (Å²) in [5.41, 5.74) is 7.20. The lowest BCUT2D eigenvalue weighted by Crippen LogP contribution is -2.13. The normalized spacial score (nSPS) is 17.4. The number of nitrogens with two attached hydrogens (primary N) is 1. The Kier molecular flexibility index (Phi) is 2.73. The lowest BCUT2D eigenvalue weighted by molar-refractivity contribution is 0.151. The van der Waals surface area contributed by atoms with Gasteiger partial charge in [-0.1, -0.05) is 24.3 Å². The summed E-state index contributed by atoms with van der Waals surface area (Å²) in [6, 6.07) is 7.53. The van der Waals surface area contributed by atoms with E-state index in [0.717, 1.165) is 24.0 Å². The summed E-state index contributed by atoms with van der Waals surface area (Å²) in [5.74, 6) is 0.599. The third kappa shape index (κ3) is 2.57. The first kappa shape index (κ1) is 10.2. The predicted octanol–water partition coefficient (Wildman–Crippen LogP) is 1.28. The van der Waals surface area contributed by atoms with Gasteiger partial charge in [-0.2, -0.15) is 0 Å². The molecule has 4 N–H and O–H groups in total. The monoisotopic (exact) mass is 204 g/mol. The Morgan fingerprint density at radius 2 is 2.00 bits per heavy atom. The van der Waals surface area contributed by atoms with Crippen LogP contribution in [0.2, 0.25) is 0 Å². The summed E-state index contributed by atoms with van der Waals surface area (Å²) < 4.78 is 0. The Morgan fingerprint density at radius 1 is 1.40 bits per heavy atom. The number of hydrogen-bond acceptors (Lipinski definition) is 2. The molecule has 1 saturated carbocycles. The molecule has 0 radical (unpaired) electrons. The van der Waals surface area contributed by atoms with E-state index in [1.807, 2.05) is 24.3 Å². The van der Waals surface area contributed by atoms with E-state index in [1.165, 1.54) is 0 Å². The largest absolute Gasteiger partial charge is 0.392 e. The second-order valence-corrected chi connectivity index (χ2v) is 4.22. The smallest absolute Gasteiger partial charge is 0.122 e. The van der Waals surface area contributed by atoms with Crippen LogP contribution in [0.25, 0.3) is 0 Å². The fourth-order valence-electron chi connectivity index (χ4n) is 1.71. The molecule has 15 heavy (non-hydrogen) atoms. The van der Waals surface area contributed by atoms with Crippen LogP contribution in [0.1, 0.15) is 24.0 Å². The van der Waals surface area contributed by atoms with Gasteiger partial charge in [-0.15, -0.1) is 0 Å². The second kappa shape index (κ2) is 4.03. The molecule has 1 unspecified atom stereocenters. The van der Waals surface area contributed by atoms with Crippen LogP contribution in [0.15, 0.2) is 24.3 Å². The third-order valence-electron chi connectivity index (χ3n) is 2.88. The maximum absolute atomic E-state index is 9.75. The van der Waals surface area contributed by atoms with Crippen molar-refractivity contribution in [1.29, 1.82) is 5.41 Å². The Labute approximate surface area is 89.4 Å². The molecule has 1 aliphatic carbocycles. The average molecular weight is 204 g/mol. The molecule has 0 aromatic heterocycles.